The van der Waals surface area contributed by atoms with Gasteiger partial charge in [-0.05, 0) is 30.5 Å². The molecule has 4 nitrogen and oxygen atoms in total. The molecular formula is C11H16N2O2S. The predicted octanol–water partition coefficient (Wildman–Crippen LogP) is 1.36. The molecule has 0 saturated carbocycles. The third kappa shape index (κ3) is 1.87. The summed E-state index contributed by atoms with van der Waals surface area (Å²) in [6.45, 7) is 4.39. The zero-order chi connectivity index (χ0) is 11.9. The van der Waals surface area contributed by atoms with Gasteiger partial charge in [0.25, 0.3) is 0 Å². The lowest BCUT2D eigenvalue weighted by Crippen LogP contribution is -2.25. The number of anilines is 2. The van der Waals surface area contributed by atoms with Crippen LogP contribution in [0.4, 0.5) is 11.4 Å². The summed E-state index contributed by atoms with van der Waals surface area (Å²) in [7, 11) is -3.14. The molecule has 16 heavy (non-hydrogen) atoms. The number of hydrogen-bond acceptors (Lipinski definition) is 3. The highest BCUT2D eigenvalue weighted by Gasteiger charge is 2.33. The van der Waals surface area contributed by atoms with Crippen LogP contribution in [0.2, 0.25) is 0 Å². The number of aryl methyl sites for hydroxylation is 1. The maximum Gasteiger partial charge on any atom is 0.235 e. The number of sulfonamides is 1. The van der Waals surface area contributed by atoms with Gasteiger partial charge in [-0.1, -0.05) is 13.0 Å². The van der Waals surface area contributed by atoms with Crippen molar-refractivity contribution in [2.75, 3.05) is 22.3 Å². The van der Waals surface area contributed by atoms with Crippen molar-refractivity contribution in [1.82, 2.24) is 0 Å². The molecule has 0 spiro atoms. The molecule has 1 unspecified atom stereocenters. The maximum atomic E-state index is 11.9. The molecule has 5 heteroatoms. The van der Waals surface area contributed by atoms with Crippen molar-refractivity contribution in [2.45, 2.75) is 13.8 Å². The van der Waals surface area contributed by atoms with Gasteiger partial charge in [-0.15, -0.1) is 0 Å². The summed E-state index contributed by atoms with van der Waals surface area (Å²) >= 11 is 0. The minimum atomic E-state index is -3.14. The molecule has 1 fully saturated rings. The van der Waals surface area contributed by atoms with Crippen molar-refractivity contribution < 1.29 is 8.42 Å². The number of benzene rings is 1. The molecule has 1 atom stereocenters. The predicted molar refractivity (Wildman–Crippen MR) is 65.9 cm³/mol. The van der Waals surface area contributed by atoms with Gasteiger partial charge in [0.15, 0.2) is 0 Å². The summed E-state index contributed by atoms with van der Waals surface area (Å²) in [5.41, 5.74) is 8.06. The van der Waals surface area contributed by atoms with Crippen LogP contribution in [0, 0.1) is 12.8 Å². The summed E-state index contributed by atoms with van der Waals surface area (Å²) < 4.78 is 25.2. The lowest BCUT2D eigenvalue weighted by molar-refractivity contribution is 0.598. The summed E-state index contributed by atoms with van der Waals surface area (Å²) in [5, 5.41) is 0. The maximum absolute atomic E-state index is 11.9. The third-order valence-corrected chi connectivity index (χ3v) is 4.88. The van der Waals surface area contributed by atoms with E-state index in [1.807, 2.05) is 19.9 Å². The normalized spacial score (nSPS) is 23.6. The summed E-state index contributed by atoms with van der Waals surface area (Å²) in [6, 6.07) is 5.38. The van der Waals surface area contributed by atoms with E-state index in [1.54, 1.807) is 12.1 Å². The van der Waals surface area contributed by atoms with E-state index in [9.17, 15) is 8.42 Å². The first kappa shape index (κ1) is 11.3. The Kier molecular flexibility index (Phi) is 2.58. The van der Waals surface area contributed by atoms with Crippen molar-refractivity contribution in [2.24, 2.45) is 5.92 Å². The minimum Gasteiger partial charge on any atom is -0.398 e. The van der Waals surface area contributed by atoms with Crippen LogP contribution in [0.1, 0.15) is 12.5 Å². The smallest absolute Gasteiger partial charge is 0.235 e. The van der Waals surface area contributed by atoms with E-state index in [-0.39, 0.29) is 11.7 Å². The Labute approximate surface area is 96.1 Å². The fourth-order valence-corrected chi connectivity index (χ4v) is 3.87. The Hall–Kier alpha value is -1.23. The van der Waals surface area contributed by atoms with E-state index in [0.29, 0.717) is 17.9 Å². The second-order valence-electron chi connectivity index (χ2n) is 4.46. The molecule has 1 aromatic rings. The molecule has 88 valence electrons. The lowest BCUT2D eigenvalue weighted by atomic mass is 10.1. The molecule has 2 N–H and O–H groups in total. The van der Waals surface area contributed by atoms with Crippen LogP contribution in [0.15, 0.2) is 18.2 Å². The zero-order valence-corrected chi connectivity index (χ0v) is 10.3. The third-order valence-electron chi connectivity index (χ3n) is 2.86. The highest BCUT2D eigenvalue weighted by molar-refractivity contribution is 7.93. The van der Waals surface area contributed by atoms with Gasteiger partial charge in [-0.25, -0.2) is 8.42 Å². The lowest BCUT2D eigenvalue weighted by Gasteiger charge is -2.18. The van der Waals surface area contributed by atoms with Gasteiger partial charge in [0.1, 0.15) is 0 Å². The van der Waals surface area contributed by atoms with Crippen molar-refractivity contribution >= 4 is 21.4 Å². The van der Waals surface area contributed by atoms with Gasteiger partial charge in [0, 0.05) is 12.2 Å². The van der Waals surface area contributed by atoms with Gasteiger partial charge < -0.3 is 5.73 Å². The van der Waals surface area contributed by atoms with E-state index >= 15 is 0 Å². The van der Waals surface area contributed by atoms with Crippen molar-refractivity contribution in [1.29, 1.82) is 0 Å². The van der Waals surface area contributed by atoms with E-state index < -0.39 is 10.0 Å². The van der Waals surface area contributed by atoms with Gasteiger partial charge >= 0.3 is 0 Å². The van der Waals surface area contributed by atoms with Crippen LogP contribution in [0.5, 0.6) is 0 Å². The minimum absolute atomic E-state index is 0.174. The van der Waals surface area contributed by atoms with Crippen LogP contribution in [-0.4, -0.2) is 20.7 Å². The van der Waals surface area contributed by atoms with E-state index in [4.69, 9.17) is 5.73 Å². The molecule has 1 saturated heterocycles. The van der Waals surface area contributed by atoms with E-state index in [0.717, 1.165) is 5.56 Å². The van der Waals surface area contributed by atoms with Crippen molar-refractivity contribution in [3.05, 3.63) is 23.8 Å². The average Bonchev–Trinajstić information content (AvgIpc) is 2.44. The van der Waals surface area contributed by atoms with Crippen LogP contribution in [0.25, 0.3) is 0 Å². The average molecular weight is 240 g/mol. The molecule has 0 amide bonds. The van der Waals surface area contributed by atoms with Gasteiger partial charge in [0.05, 0.1) is 11.4 Å². The van der Waals surface area contributed by atoms with Crippen LogP contribution in [-0.2, 0) is 10.0 Å². The van der Waals surface area contributed by atoms with Gasteiger partial charge in [-0.2, -0.15) is 0 Å². The van der Waals surface area contributed by atoms with Crippen LogP contribution in [0.3, 0.4) is 0 Å². The number of hydrogen-bond donors (Lipinski definition) is 1. The van der Waals surface area contributed by atoms with Crippen LogP contribution >= 0.6 is 0 Å². The topological polar surface area (TPSA) is 63.4 Å². The molecule has 1 aromatic carbocycles. The summed E-state index contributed by atoms with van der Waals surface area (Å²) in [5.74, 6) is 0.397. The standard InChI is InChI=1S/C11H16N2O2S/c1-8-6-13(16(14,15)7-8)10-4-3-9(2)11(12)5-10/h3-5,8H,6-7,12H2,1-2H3. The second-order valence-corrected chi connectivity index (χ2v) is 6.39. The Balaban J connectivity index is 2.42. The zero-order valence-electron chi connectivity index (χ0n) is 9.47. The molecule has 0 aromatic heterocycles. The Morgan fingerprint density at radius 1 is 1.44 bits per heavy atom. The fraction of sp³-hybridized carbons (Fsp3) is 0.455. The molecule has 0 bridgehead atoms. The molecule has 0 radical (unpaired) electrons. The molecule has 2 rings (SSSR count). The Morgan fingerprint density at radius 3 is 2.62 bits per heavy atom. The first-order valence-corrected chi connectivity index (χ1v) is 6.87. The fourth-order valence-electron chi connectivity index (χ4n) is 1.95. The first-order chi connectivity index (χ1) is 7.40. The summed E-state index contributed by atoms with van der Waals surface area (Å²) in [4.78, 5) is 0. The number of nitrogens with two attached hydrogens (primary N) is 1. The molecule has 1 aliphatic rings. The highest BCUT2D eigenvalue weighted by atomic mass is 32.2. The molecule has 1 heterocycles. The highest BCUT2D eigenvalue weighted by Crippen LogP contribution is 2.29. The van der Waals surface area contributed by atoms with Gasteiger partial charge in [-0.3, -0.25) is 4.31 Å². The monoisotopic (exact) mass is 240 g/mol. The van der Waals surface area contributed by atoms with Crippen molar-refractivity contribution in [3.63, 3.8) is 0 Å². The molecule has 1 aliphatic heterocycles. The number of rotatable bonds is 1. The molecular weight excluding hydrogens is 224 g/mol. The van der Waals surface area contributed by atoms with Crippen LogP contribution < -0.4 is 10.0 Å². The number of nitrogen functional groups attached to an aromatic ring is 1. The Morgan fingerprint density at radius 2 is 2.12 bits per heavy atom. The molecule has 0 aliphatic carbocycles. The van der Waals surface area contributed by atoms with E-state index in [1.165, 1.54) is 4.31 Å². The largest absolute Gasteiger partial charge is 0.398 e. The quantitative estimate of drug-likeness (QED) is 0.754. The summed E-state index contributed by atoms with van der Waals surface area (Å²) in [6.07, 6.45) is 0. The number of nitrogens with zero attached hydrogens (tertiary/aromatic N) is 1. The van der Waals surface area contributed by atoms with E-state index in [2.05, 4.69) is 0 Å². The SMILES string of the molecule is Cc1ccc(N2CC(C)CS2(=O)=O)cc1N. The van der Waals surface area contributed by atoms with Crippen molar-refractivity contribution in [3.8, 4) is 0 Å². The Bertz CT molecular complexity index is 511. The van der Waals surface area contributed by atoms with Gasteiger partial charge in [0.2, 0.25) is 10.0 Å². The second kappa shape index (κ2) is 3.66. The first-order valence-electron chi connectivity index (χ1n) is 5.26.